The molecule has 2 N–H and O–H groups in total. The van der Waals surface area contributed by atoms with Gasteiger partial charge in [0, 0.05) is 6.54 Å². The van der Waals surface area contributed by atoms with Crippen LogP contribution in [0.5, 0.6) is 0 Å². The molecule has 1 aliphatic carbocycles. The predicted molar refractivity (Wildman–Crippen MR) is 46.6 cm³/mol. The van der Waals surface area contributed by atoms with E-state index in [-0.39, 0.29) is 11.9 Å². The zero-order valence-electron chi connectivity index (χ0n) is 7.42. The third kappa shape index (κ3) is 2.81. The fraction of sp³-hybridized carbons (Fsp3) is 0.889. The summed E-state index contributed by atoms with van der Waals surface area (Å²) in [5, 5.41) is 0. The number of hydrogen-bond acceptors (Lipinski definition) is 3. The number of esters is 1. The molecule has 70 valence electrons. The largest absolute Gasteiger partial charge is 0.464 e. The SMILES string of the molecule is NCCOC(=O)C1CCCCC1. The zero-order valence-corrected chi connectivity index (χ0v) is 7.42. The van der Waals surface area contributed by atoms with Gasteiger partial charge in [-0.2, -0.15) is 0 Å². The van der Waals surface area contributed by atoms with Crippen molar-refractivity contribution in [2.24, 2.45) is 11.7 Å². The molecule has 1 saturated carbocycles. The Bertz CT molecular complexity index is 141. The molecule has 0 amide bonds. The maximum absolute atomic E-state index is 11.3. The van der Waals surface area contributed by atoms with Crippen LogP contribution in [0.2, 0.25) is 0 Å². The number of nitrogens with two attached hydrogens (primary N) is 1. The van der Waals surface area contributed by atoms with Gasteiger partial charge >= 0.3 is 5.97 Å². The predicted octanol–water partition coefficient (Wildman–Crippen LogP) is 1.07. The Kier molecular flexibility index (Phi) is 4.08. The van der Waals surface area contributed by atoms with E-state index in [9.17, 15) is 4.79 Å². The number of rotatable bonds is 3. The Hall–Kier alpha value is -0.570. The van der Waals surface area contributed by atoms with Crippen LogP contribution in [0, 0.1) is 5.92 Å². The molecular weight excluding hydrogens is 154 g/mol. The molecule has 3 nitrogen and oxygen atoms in total. The molecule has 0 saturated heterocycles. The molecule has 0 radical (unpaired) electrons. The lowest BCUT2D eigenvalue weighted by molar-refractivity contribution is -0.149. The summed E-state index contributed by atoms with van der Waals surface area (Å²) in [5.41, 5.74) is 5.23. The van der Waals surface area contributed by atoms with Crippen molar-refractivity contribution >= 4 is 5.97 Å². The molecule has 3 heteroatoms. The van der Waals surface area contributed by atoms with Crippen molar-refractivity contribution in [3.05, 3.63) is 0 Å². The lowest BCUT2D eigenvalue weighted by atomic mass is 9.89. The van der Waals surface area contributed by atoms with Crippen LogP contribution in [0.15, 0.2) is 0 Å². The van der Waals surface area contributed by atoms with E-state index >= 15 is 0 Å². The lowest BCUT2D eigenvalue weighted by Crippen LogP contribution is -2.22. The van der Waals surface area contributed by atoms with Gasteiger partial charge in [0.15, 0.2) is 0 Å². The van der Waals surface area contributed by atoms with E-state index in [2.05, 4.69) is 0 Å². The van der Waals surface area contributed by atoms with Crippen LogP contribution in [-0.4, -0.2) is 19.1 Å². The Morgan fingerprint density at radius 2 is 2.00 bits per heavy atom. The molecule has 0 aromatic carbocycles. The van der Waals surface area contributed by atoms with Crippen LogP contribution in [0.3, 0.4) is 0 Å². The molecule has 0 unspecified atom stereocenters. The third-order valence-electron chi connectivity index (χ3n) is 2.30. The first-order valence-corrected chi connectivity index (χ1v) is 4.71. The highest BCUT2D eigenvalue weighted by molar-refractivity contribution is 5.72. The maximum Gasteiger partial charge on any atom is 0.308 e. The second-order valence-corrected chi connectivity index (χ2v) is 3.29. The third-order valence-corrected chi connectivity index (χ3v) is 2.30. The Balaban J connectivity index is 2.20. The van der Waals surface area contributed by atoms with Gasteiger partial charge in [-0.3, -0.25) is 4.79 Å². The molecule has 0 atom stereocenters. The van der Waals surface area contributed by atoms with Crippen molar-refractivity contribution in [2.45, 2.75) is 32.1 Å². The Morgan fingerprint density at radius 1 is 1.33 bits per heavy atom. The van der Waals surface area contributed by atoms with E-state index in [0.717, 1.165) is 12.8 Å². The molecule has 1 fully saturated rings. The maximum atomic E-state index is 11.3. The fourth-order valence-electron chi connectivity index (χ4n) is 1.62. The second kappa shape index (κ2) is 5.14. The zero-order chi connectivity index (χ0) is 8.81. The van der Waals surface area contributed by atoms with Crippen LogP contribution >= 0.6 is 0 Å². The highest BCUT2D eigenvalue weighted by Gasteiger charge is 2.21. The van der Waals surface area contributed by atoms with Crippen molar-refractivity contribution < 1.29 is 9.53 Å². The molecule has 1 aliphatic rings. The Morgan fingerprint density at radius 3 is 2.58 bits per heavy atom. The quantitative estimate of drug-likeness (QED) is 0.646. The van der Waals surface area contributed by atoms with E-state index in [0.29, 0.717) is 13.2 Å². The average molecular weight is 171 g/mol. The highest BCUT2D eigenvalue weighted by Crippen LogP contribution is 2.24. The van der Waals surface area contributed by atoms with E-state index in [1.165, 1.54) is 19.3 Å². The number of ether oxygens (including phenoxy) is 1. The van der Waals surface area contributed by atoms with Gasteiger partial charge < -0.3 is 10.5 Å². The fourth-order valence-corrected chi connectivity index (χ4v) is 1.62. The summed E-state index contributed by atoms with van der Waals surface area (Å²) < 4.78 is 4.97. The van der Waals surface area contributed by atoms with E-state index in [4.69, 9.17) is 10.5 Å². The summed E-state index contributed by atoms with van der Waals surface area (Å²) in [7, 11) is 0. The van der Waals surface area contributed by atoms with Crippen molar-refractivity contribution in [2.75, 3.05) is 13.2 Å². The first-order valence-electron chi connectivity index (χ1n) is 4.71. The van der Waals surface area contributed by atoms with Gasteiger partial charge in [0.2, 0.25) is 0 Å². The minimum Gasteiger partial charge on any atom is -0.464 e. The average Bonchev–Trinajstić information content (AvgIpc) is 2.15. The molecule has 0 heterocycles. The van der Waals surface area contributed by atoms with Gasteiger partial charge in [-0.15, -0.1) is 0 Å². The van der Waals surface area contributed by atoms with Gasteiger partial charge in [0.25, 0.3) is 0 Å². The Labute approximate surface area is 73.3 Å². The molecule has 0 aliphatic heterocycles. The molecule has 0 bridgehead atoms. The molecule has 1 rings (SSSR count). The smallest absolute Gasteiger partial charge is 0.308 e. The number of carbonyl (C=O) groups is 1. The van der Waals surface area contributed by atoms with Gasteiger partial charge in [0.05, 0.1) is 5.92 Å². The molecule has 0 aromatic rings. The summed E-state index contributed by atoms with van der Waals surface area (Å²) in [6.45, 7) is 0.799. The highest BCUT2D eigenvalue weighted by atomic mass is 16.5. The van der Waals surface area contributed by atoms with Gasteiger partial charge in [-0.25, -0.2) is 0 Å². The van der Waals surface area contributed by atoms with E-state index in [1.54, 1.807) is 0 Å². The number of hydrogen-bond donors (Lipinski definition) is 1. The van der Waals surface area contributed by atoms with Gasteiger partial charge in [-0.1, -0.05) is 19.3 Å². The van der Waals surface area contributed by atoms with E-state index < -0.39 is 0 Å². The van der Waals surface area contributed by atoms with Crippen molar-refractivity contribution in [1.29, 1.82) is 0 Å². The lowest BCUT2D eigenvalue weighted by Gasteiger charge is -2.19. The van der Waals surface area contributed by atoms with Crippen molar-refractivity contribution in [3.8, 4) is 0 Å². The second-order valence-electron chi connectivity index (χ2n) is 3.29. The van der Waals surface area contributed by atoms with Gasteiger partial charge in [0.1, 0.15) is 6.61 Å². The monoisotopic (exact) mass is 171 g/mol. The topological polar surface area (TPSA) is 52.3 Å². The summed E-state index contributed by atoms with van der Waals surface area (Å²) in [6, 6.07) is 0. The normalized spacial score (nSPS) is 19.1. The summed E-state index contributed by atoms with van der Waals surface area (Å²) in [6.07, 6.45) is 5.61. The summed E-state index contributed by atoms with van der Waals surface area (Å²) in [5.74, 6) is 0.116. The molecule has 12 heavy (non-hydrogen) atoms. The van der Waals surface area contributed by atoms with Crippen molar-refractivity contribution in [3.63, 3.8) is 0 Å². The van der Waals surface area contributed by atoms with Crippen molar-refractivity contribution in [1.82, 2.24) is 0 Å². The minimum atomic E-state index is -0.0415. The van der Waals surface area contributed by atoms with Crippen LogP contribution in [0.4, 0.5) is 0 Å². The van der Waals surface area contributed by atoms with Crippen LogP contribution in [-0.2, 0) is 9.53 Å². The van der Waals surface area contributed by atoms with Crippen LogP contribution < -0.4 is 5.73 Å². The minimum absolute atomic E-state index is 0.0415. The van der Waals surface area contributed by atoms with Crippen LogP contribution in [0.1, 0.15) is 32.1 Å². The molecule has 0 aromatic heterocycles. The molecular formula is C9H17NO2. The summed E-state index contributed by atoms with van der Waals surface area (Å²) in [4.78, 5) is 11.3. The first-order chi connectivity index (χ1) is 5.84. The number of carbonyl (C=O) groups excluding carboxylic acids is 1. The molecule has 0 spiro atoms. The standard InChI is InChI=1S/C9H17NO2/c10-6-7-12-9(11)8-4-2-1-3-5-8/h8H,1-7,10H2. The van der Waals surface area contributed by atoms with Gasteiger partial charge in [-0.05, 0) is 12.8 Å². The van der Waals surface area contributed by atoms with Crippen LogP contribution in [0.25, 0.3) is 0 Å². The summed E-state index contributed by atoms with van der Waals surface area (Å²) >= 11 is 0. The first kappa shape index (κ1) is 9.52. The van der Waals surface area contributed by atoms with E-state index in [1.807, 2.05) is 0 Å².